The number of hydrogen-bond donors (Lipinski definition) is 2. The van der Waals surface area contributed by atoms with Crippen molar-refractivity contribution in [2.24, 2.45) is 0 Å². The third-order valence-corrected chi connectivity index (χ3v) is 4.00. The van der Waals surface area contributed by atoms with Gasteiger partial charge < -0.3 is 20.2 Å². The molecule has 1 saturated heterocycles. The zero-order chi connectivity index (χ0) is 15.9. The number of hydrogen-bond acceptors (Lipinski definition) is 3. The largest absolute Gasteiger partial charge is 0.481 e. The summed E-state index contributed by atoms with van der Waals surface area (Å²) in [4.78, 5) is 26.5. The highest BCUT2D eigenvalue weighted by Crippen LogP contribution is 2.21. The average Bonchev–Trinajstić information content (AvgIpc) is 2.54. The molecule has 1 aliphatic rings. The Bertz CT molecular complexity index is 507. The minimum atomic E-state index is -0.907. The molecule has 1 aromatic carbocycles. The summed E-state index contributed by atoms with van der Waals surface area (Å²) < 4.78 is 0. The summed E-state index contributed by atoms with van der Waals surface area (Å²) in [5, 5.41) is 11.3. The quantitative estimate of drug-likeness (QED) is 0.869. The Hall–Kier alpha value is -2.24. The second kappa shape index (κ2) is 7.68. The number of para-hydroxylation sites is 1. The Balaban J connectivity index is 1.88. The highest BCUT2D eigenvalue weighted by molar-refractivity contribution is 5.75. The summed E-state index contributed by atoms with van der Waals surface area (Å²) in [7, 11) is 1.77. The molecule has 0 radical (unpaired) electrons. The van der Waals surface area contributed by atoms with E-state index in [4.69, 9.17) is 5.11 Å². The number of urea groups is 1. The van der Waals surface area contributed by atoms with Crippen LogP contribution in [0.5, 0.6) is 0 Å². The van der Waals surface area contributed by atoms with Crippen molar-refractivity contribution in [3.05, 3.63) is 30.3 Å². The van der Waals surface area contributed by atoms with Crippen LogP contribution in [0.2, 0.25) is 0 Å². The van der Waals surface area contributed by atoms with E-state index in [1.54, 1.807) is 11.9 Å². The summed E-state index contributed by atoms with van der Waals surface area (Å²) >= 11 is 0. The van der Waals surface area contributed by atoms with Crippen LogP contribution in [-0.4, -0.2) is 54.7 Å². The van der Waals surface area contributed by atoms with Gasteiger partial charge in [-0.05, 0) is 25.0 Å². The number of anilines is 1. The first-order valence-electron chi connectivity index (χ1n) is 7.60. The molecule has 0 bridgehead atoms. The number of likely N-dealkylation sites (N-methyl/N-ethyl adjacent to an activating group) is 1. The number of carboxylic acids is 1. The highest BCUT2D eigenvalue weighted by Gasteiger charge is 2.26. The molecule has 1 aromatic rings. The topological polar surface area (TPSA) is 72.9 Å². The first-order valence-corrected chi connectivity index (χ1v) is 7.60. The van der Waals surface area contributed by atoms with Gasteiger partial charge in [-0.25, -0.2) is 4.79 Å². The van der Waals surface area contributed by atoms with Crippen LogP contribution in [0.3, 0.4) is 0 Å². The van der Waals surface area contributed by atoms with Gasteiger partial charge >= 0.3 is 12.0 Å². The lowest BCUT2D eigenvalue weighted by molar-refractivity contribution is -0.136. The lowest BCUT2D eigenvalue weighted by Gasteiger charge is -2.38. The monoisotopic (exact) mass is 305 g/mol. The zero-order valence-corrected chi connectivity index (χ0v) is 12.9. The fourth-order valence-electron chi connectivity index (χ4n) is 2.71. The molecule has 0 aromatic heterocycles. The number of aliphatic carboxylic acids is 1. The molecule has 1 aliphatic heterocycles. The maximum atomic E-state index is 12.1. The number of amides is 2. The lowest BCUT2D eigenvalue weighted by Crippen LogP contribution is -2.51. The second-order valence-electron chi connectivity index (χ2n) is 5.56. The van der Waals surface area contributed by atoms with E-state index in [1.165, 1.54) is 5.69 Å². The zero-order valence-electron chi connectivity index (χ0n) is 12.9. The van der Waals surface area contributed by atoms with Gasteiger partial charge in [-0.15, -0.1) is 0 Å². The molecule has 6 nitrogen and oxygen atoms in total. The standard InChI is InChI=1S/C16H23N3O3/c1-18(16(22)17-10-9-15(20)21)14-8-5-11-19(12-14)13-6-3-2-4-7-13/h2-4,6-7,14H,5,8-12H2,1H3,(H,17,22)(H,20,21). The van der Waals surface area contributed by atoms with E-state index >= 15 is 0 Å². The van der Waals surface area contributed by atoms with Gasteiger partial charge in [-0.2, -0.15) is 0 Å². The molecule has 2 N–H and O–H groups in total. The van der Waals surface area contributed by atoms with E-state index < -0.39 is 5.97 Å². The number of nitrogens with zero attached hydrogens (tertiary/aromatic N) is 2. The molecule has 1 fully saturated rings. The van der Waals surface area contributed by atoms with Crippen LogP contribution in [0, 0.1) is 0 Å². The van der Waals surface area contributed by atoms with E-state index in [0.717, 1.165) is 25.9 Å². The van der Waals surface area contributed by atoms with Crippen LogP contribution in [0.25, 0.3) is 0 Å². The molecule has 0 spiro atoms. The van der Waals surface area contributed by atoms with Crippen LogP contribution >= 0.6 is 0 Å². The van der Waals surface area contributed by atoms with Gasteiger partial charge in [0.15, 0.2) is 0 Å². The lowest BCUT2D eigenvalue weighted by atomic mass is 10.0. The van der Waals surface area contributed by atoms with Gasteiger partial charge in [-0.3, -0.25) is 4.79 Å². The second-order valence-corrected chi connectivity index (χ2v) is 5.56. The van der Waals surface area contributed by atoms with Crippen molar-refractivity contribution >= 4 is 17.7 Å². The van der Waals surface area contributed by atoms with Crippen LogP contribution in [-0.2, 0) is 4.79 Å². The number of rotatable bonds is 5. The molecule has 2 rings (SSSR count). The van der Waals surface area contributed by atoms with E-state index in [1.807, 2.05) is 18.2 Å². The first-order chi connectivity index (χ1) is 10.6. The molecule has 6 heteroatoms. The van der Waals surface area contributed by atoms with E-state index in [9.17, 15) is 9.59 Å². The number of nitrogens with one attached hydrogen (secondary N) is 1. The van der Waals surface area contributed by atoms with Gasteiger partial charge in [0.25, 0.3) is 0 Å². The van der Waals surface area contributed by atoms with Gasteiger partial charge in [0.1, 0.15) is 0 Å². The summed E-state index contributed by atoms with van der Waals surface area (Å²) in [5.41, 5.74) is 1.17. The summed E-state index contributed by atoms with van der Waals surface area (Å²) in [6.45, 7) is 1.95. The average molecular weight is 305 g/mol. The molecular weight excluding hydrogens is 282 g/mol. The fraction of sp³-hybridized carbons (Fsp3) is 0.500. The van der Waals surface area contributed by atoms with Crippen molar-refractivity contribution in [3.63, 3.8) is 0 Å². The summed E-state index contributed by atoms with van der Waals surface area (Å²) in [6, 6.07) is 10.1. The van der Waals surface area contributed by atoms with Gasteiger partial charge in [0.2, 0.25) is 0 Å². The molecular formula is C16H23N3O3. The van der Waals surface area contributed by atoms with Crippen molar-refractivity contribution < 1.29 is 14.7 Å². The van der Waals surface area contributed by atoms with Crippen LogP contribution in [0.1, 0.15) is 19.3 Å². The van der Waals surface area contributed by atoms with Crippen molar-refractivity contribution in [1.29, 1.82) is 0 Å². The van der Waals surface area contributed by atoms with Gasteiger partial charge in [0.05, 0.1) is 12.5 Å². The van der Waals surface area contributed by atoms with Gasteiger partial charge in [0, 0.05) is 32.4 Å². The predicted octanol–water partition coefficient (Wildman–Crippen LogP) is 1.77. The summed E-state index contributed by atoms with van der Waals surface area (Å²) in [5.74, 6) is -0.907. The molecule has 2 amide bonds. The Labute approximate surface area is 130 Å². The number of carboxylic acid groups (broad SMARTS) is 1. The highest BCUT2D eigenvalue weighted by atomic mass is 16.4. The third kappa shape index (κ3) is 4.38. The van der Waals surface area contributed by atoms with Crippen LogP contribution in [0.4, 0.5) is 10.5 Å². The van der Waals surface area contributed by atoms with Gasteiger partial charge in [-0.1, -0.05) is 18.2 Å². The molecule has 1 heterocycles. The van der Waals surface area contributed by atoms with Crippen molar-refractivity contribution in [2.75, 3.05) is 31.6 Å². The fourth-order valence-corrected chi connectivity index (χ4v) is 2.71. The van der Waals surface area contributed by atoms with E-state index in [-0.39, 0.29) is 25.0 Å². The Kier molecular flexibility index (Phi) is 5.63. The van der Waals surface area contributed by atoms with E-state index in [2.05, 4.69) is 22.3 Å². The Morgan fingerprint density at radius 3 is 2.77 bits per heavy atom. The number of piperidine rings is 1. The molecule has 120 valence electrons. The van der Waals surface area contributed by atoms with Crippen LogP contribution in [0.15, 0.2) is 30.3 Å². The number of carbonyl (C=O) groups excluding carboxylic acids is 1. The normalized spacial score (nSPS) is 17.9. The molecule has 0 aliphatic carbocycles. The maximum absolute atomic E-state index is 12.1. The number of carbonyl (C=O) groups is 2. The smallest absolute Gasteiger partial charge is 0.317 e. The molecule has 1 atom stereocenters. The van der Waals surface area contributed by atoms with E-state index in [0.29, 0.717) is 0 Å². The van der Waals surface area contributed by atoms with Crippen molar-refractivity contribution in [3.8, 4) is 0 Å². The molecule has 22 heavy (non-hydrogen) atoms. The summed E-state index contributed by atoms with van der Waals surface area (Å²) in [6.07, 6.45) is 1.94. The SMILES string of the molecule is CN(C(=O)NCCC(=O)O)C1CCCN(c2ccccc2)C1. The minimum absolute atomic E-state index is 0.0552. The Morgan fingerprint density at radius 1 is 1.36 bits per heavy atom. The molecule has 1 unspecified atom stereocenters. The van der Waals surface area contributed by atoms with Crippen LogP contribution < -0.4 is 10.2 Å². The van der Waals surface area contributed by atoms with Crippen molar-refractivity contribution in [2.45, 2.75) is 25.3 Å². The van der Waals surface area contributed by atoms with Crippen molar-refractivity contribution in [1.82, 2.24) is 10.2 Å². The minimum Gasteiger partial charge on any atom is -0.481 e. The Morgan fingerprint density at radius 2 is 2.09 bits per heavy atom. The first kappa shape index (κ1) is 16.1. The predicted molar refractivity (Wildman–Crippen MR) is 85.1 cm³/mol. The maximum Gasteiger partial charge on any atom is 0.317 e. The number of benzene rings is 1. The molecule has 0 saturated carbocycles. The third-order valence-electron chi connectivity index (χ3n) is 4.00.